The summed E-state index contributed by atoms with van der Waals surface area (Å²) in [5, 5.41) is 11.8. The molecule has 0 radical (unpaired) electrons. The van der Waals surface area contributed by atoms with Crippen LogP contribution in [0, 0.1) is 24.0 Å². The van der Waals surface area contributed by atoms with Crippen LogP contribution in [0.25, 0.3) is 22.3 Å². The lowest BCUT2D eigenvalue weighted by Crippen LogP contribution is -2.10. The number of nitro benzene ring substituents is 1. The van der Waals surface area contributed by atoms with Gasteiger partial charge in [0.05, 0.1) is 10.3 Å². The van der Waals surface area contributed by atoms with Crippen molar-refractivity contribution >= 4 is 28.3 Å². The Labute approximate surface area is 182 Å². The van der Waals surface area contributed by atoms with Crippen LogP contribution < -0.4 is 10.2 Å². The highest BCUT2D eigenvalue weighted by atomic mass is 35.5. The fourth-order valence-corrected chi connectivity index (χ4v) is 3.35. The summed E-state index contributed by atoms with van der Waals surface area (Å²) in [6.45, 7) is 3.94. The number of aryl methyl sites for hydroxylation is 2. The molecule has 4 rings (SSSR count). The zero-order chi connectivity index (χ0) is 22.1. The Hall–Kier alpha value is -3.64. The van der Waals surface area contributed by atoms with Crippen molar-refractivity contribution in [2.45, 2.75) is 20.5 Å². The molecule has 0 bridgehead atoms. The van der Waals surface area contributed by atoms with E-state index < -0.39 is 4.92 Å². The summed E-state index contributed by atoms with van der Waals surface area (Å²) in [6.07, 6.45) is 0. The van der Waals surface area contributed by atoms with Crippen LogP contribution in [0.2, 0.25) is 5.02 Å². The molecule has 0 saturated carbocycles. The Morgan fingerprint density at radius 3 is 2.29 bits per heavy atom. The molecule has 1 aromatic heterocycles. The Morgan fingerprint density at radius 1 is 1.00 bits per heavy atom. The second kappa shape index (κ2) is 8.24. The molecule has 0 N–H and O–H groups in total. The standard InChI is InChI=1S/C24H18ClNO5/c1-14-11-20-21(12-15(14)2)31-23(17-5-7-18(25)8-6-17)24(22(20)27)30-13-16-3-9-19(10-4-16)26(28)29/h3-12H,13H2,1-2H3. The molecule has 0 aliphatic rings. The summed E-state index contributed by atoms with van der Waals surface area (Å²) in [6, 6.07) is 16.5. The Morgan fingerprint density at radius 2 is 1.65 bits per heavy atom. The molecule has 0 aliphatic carbocycles. The van der Waals surface area contributed by atoms with Gasteiger partial charge in [-0.2, -0.15) is 0 Å². The predicted molar refractivity (Wildman–Crippen MR) is 120 cm³/mol. The Balaban J connectivity index is 1.81. The average molecular weight is 436 g/mol. The number of halogens is 1. The summed E-state index contributed by atoms with van der Waals surface area (Å²) >= 11 is 6.01. The molecule has 0 atom stereocenters. The number of rotatable bonds is 5. The van der Waals surface area contributed by atoms with E-state index >= 15 is 0 Å². The first-order chi connectivity index (χ1) is 14.8. The van der Waals surface area contributed by atoms with Crippen molar-refractivity contribution in [1.29, 1.82) is 0 Å². The molecule has 0 spiro atoms. The lowest BCUT2D eigenvalue weighted by atomic mass is 10.0. The van der Waals surface area contributed by atoms with Crippen molar-refractivity contribution < 1.29 is 14.1 Å². The smallest absolute Gasteiger partial charge is 0.269 e. The second-order valence-electron chi connectivity index (χ2n) is 7.24. The number of nitro groups is 1. The molecule has 1 heterocycles. The van der Waals surface area contributed by atoms with Crippen LogP contribution >= 0.6 is 11.6 Å². The number of nitrogens with zero attached hydrogens (tertiary/aromatic N) is 1. The lowest BCUT2D eigenvalue weighted by molar-refractivity contribution is -0.384. The van der Waals surface area contributed by atoms with E-state index in [9.17, 15) is 14.9 Å². The van der Waals surface area contributed by atoms with E-state index in [4.69, 9.17) is 20.8 Å². The van der Waals surface area contributed by atoms with E-state index in [2.05, 4.69) is 0 Å². The molecule has 156 valence electrons. The summed E-state index contributed by atoms with van der Waals surface area (Å²) in [4.78, 5) is 23.7. The van der Waals surface area contributed by atoms with Gasteiger partial charge in [0.25, 0.3) is 5.69 Å². The molecule has 0 amide bonds. The second-order valence-corrected chi connectivity index (χ2v) is 7.68. The maximum Gasteiger partial charge on any atom is 0.269 e. The van der Waals surface area contributed by atoms with Crippen molar-refractivity contribution in [2.75, 3.05) is 0 Å². The number of fused-ring (bicyclic) bond motifs is 1. The Bertz CT molecular complexity index is 1340. The number of non-ortho nitro benzene ring substituents is 1. The average Bonchev–Trinajstić information content (AvgIpc) is 2.75. The normalized spacial score (nSPS) is 10.9. The minimum Gasteiger partial charge on any atom is -0.481 e. The molecule has 7 heteroatoms. The van der Waals surface area contributed by atoms with E-state index in [0.29, 0.717) is 32.9 Å². The zero-order valence-electron chi connectivity index (χ0n) is 16.8. The van der Waals surface area contributed by atoms with Gasteiger partial charge >= 0.3 is 0 Å². The van der Waals surface area contributed by atoms with Crippen LogP contribution in [0.15, 0.2) is 69.9 Å². The van der Waals surface area contributed by atoms with Gasteiger partial charge in [-0.1, -0.05) is 11.6 Å². The van der Waals surface area contributed by atoms with Gasteiger partial charge < -0.3 is 9.15 Å². The van der Waals surface area contributed by atoms with Crippen molar-refractivity contribution in [3.63, 3.8) is 0 Å². The number of hydrogen-bond acceptors (Lipinski definition) is 5. The molecule has 0 fully saturated rings. The van der Waals surface area contributed by atoms with E-state index in [1.54, 1.807) is 42.5 Å². The molecule has 4 aromatic rings. The van der Waals surface area contributed by atoms with Crippen molar-refractivity contribution in [3.05, 3.63) is 103 Å². The van der Waals surface area contributed by atoms with E-state index in [0.717, 1.165) is 11.1 Å². The SMILES string of the molecule is Cc1cc2oc(-c3ccc(Cl)cc3)c(OCc3ccc([N+](=O)[O-])cc3)c(=O)c2cc1C. The van der Waals surface area contributed by atoms with Crippen LogP contribution in [0.5, 0.6) is 5.75 Å². The van der Waals surface area contributed by atoms with E-state index in [-0.39, 0.29) is 23.5 Å². The van der Waals surface area contributed by atoms with Gasteiger partial charge in [-0.05, 0) is 79.1 Å². The van der Waals surface area contributed by atoms with Gasteiger partial charge in [-0.3, -0.25) is 14.9 Å². The minimum atomic E-state index is -0.467. The van der Waals surface area contributed by atoms with Gasteiger partial charge in [0.1, 0.15) is 12.2 Å². The minimum absolute atomic E-state index is 0.0123. The highest BCUT2D eigenvalue weighted by Gasteiger charge is 2.19. The van der Waals surface area contributed by atoms with Crippen molar-refractivity contribution in [3.8, 4) is 17.1 Å². The highest BCUT2D eigenvalue weighted by molar-refractivity contribution is 6.30. The van der Waals surface area contributed by atoms with Gasteiger partial charge in [0.15, 0.2) is 5.76 Å². The number of benzene rings is 3. The monoisotopic (exact) mass is 435 g/mol. The van der Waals surface area contributed by atoms with Gasteiger partial charge in [0.2, 0.25) is 11.2 Å². The number of hydrogen-bond donors (Lipinski definition) is 0. The summed E-state index contributed by atoms with van der Waals surface area (Å²) in [7, 11) is 0. The quantitative estimate of drug-likeness (QED) is 0.274. The maximum absolute atomic E-state index is 13.3. The van der Waals surface area contributed by atoms with Crippen LogP contribution in [0.1, 0.15) is 16.7 Å². The predicted octanol–water partition coefficient (Wildman–Crippen LogP) is 6.22. The van der Waals surface area contributed by atoms with Crippen molar-refractivity contribution in [2.24, 2.45) is 0 Å². The fraction of sp³-hybridized carbons (Fsp3) is 0.125. The third-order valence-corrected chi connectivity index (χ3v) is 5.35. The molecular weight excluding hydrogens is 418 g/mol. The van der Waals surface area contributed by atoms with Crippen LogP contribution in [-0.2, 0) is 6.61 Å². The first-order valence-corrected chi connectivity index (χ1v) is 9.91. The highest BCUT2D eigenvalue weighted by Crippen LogP contribution is 2.33. The van der Waals surface area contributed by atoms with Gasteiger partial charge in [-0.25, -0.2) is 0 Å². The Kier molecular flexibility index (Phi) is 5.48. The third kappa shape index (κ3) is 4.15. The maximum atomic E-state index is 13.3. The first-order valence-electron chi connectivity index (χ1n) is 9.53. The molecule has 0 unspecified atom stereocenters. The number of ether oxygens (including phenoxy) is 1. The molecule has 0 aliphatic heterocycles. The zero-order valence-corrected chi connectivity index (χ0v) is 17.6. The molecule has 6 nitrogen and oxygen atoms in total. The summed E-state index contributed by atoms with van der Waals surface area (Å²) in [5.41, 5.74) is 3.50. The summed E-state index contributed by atoms with van der Waals surface area (Å²) < 4.78 is 12.0. The fourth-order valence-electron chi connectivity index (χ4n) is 3.23. The van der Waals surface area contributed by atoms with E-state index in [1.165, 1.54) is 12.1 Å². The van der Waals surface area contributed by atoms with Crippen LogP contribution in [-0.4, -0.2) is 4.92 Å². The molecule has 0 saturated heterocycles. The van der Waals surface area contributed by atoms with Crippen molar-refractivity contribution in [1.82, 2.24) is 0 Å². The molecule has 3 aromatic carbocycles. The molecular formula is C24H18ClNO5. The van der Waals surface area contributed by atoms with Crippen LogP contribution in [0.4, 0.5) is 5.69 Å². The summed E-state index contributed by atoms with van der Waals surface area (Å²) in [5.74, 6) is 0.385. The first kappa shape index (κ1) is 20.6. The van der Waals surface area contributed by atoms with Gasteiger partial charge in [-0.15, -0.1) is 0 Å². The largest absolute Gasteiger partial charge is 0.481 e. The van der Waals surface area contributed by atoms with Crippen LogP contribution in [0.3, 0.4) is 0 Å². The third-order valence-electron chi connectivity index (χ3n) is 5.10. The molecule has 31 heavy (non-hydrogen) atoms. The van der Waals surface area contributed by atoms with Gasteiger partial charge in [0, 0.05) is 22.7 Å². The topological polar surface area (TPSA) is 82.6 Å². The lowest BCUT2D eigenvalue weighted by Gasteiger charge is -2.13. The van der Waals surface area contributed by atoms with E-state index in [1.807, 2.05) is 19.9 Å².